The van der Waals surface area contributed by atoms with Crippen molar-refractivity contribution in [2.75, 3.05) is 0 Å². The highest BCUT2D eigenvalue weighted by molar-refractivity contribution is 5.43. The van der Waals surface area contributed by atoms with E-state index in [-0.39, 0.29) is 0 Å². The molecule has 0 aliphatic heterocycles. The van der Waals surface area contributed by atoms with E-state index in [0.717, 1.165) is 22.6 Å². The molecule has 0 saturated carbocycles. The quantitative estimate of drug-likeness (QED) is 0.880. The third-order valence-corrected chi connectivity index (χ3v) is 2.92. The summed E-state index contributed by atoms with van der Waals surface area (Å²) in [5.74, 6) is 0. The van der Waals surface area contributed by atoms with Crippen molar-refractivity contribution in [2.24, 2.45) is 0 Å². The average Bonchev–Trinajstić information content (AvgIpc) is 2.67. The molecule has 0 bridgehead atoms. The zero-order valence-electron chi connectivity index (χ0n) is 10.5. The van der Waals surface area contributed by atoms with E-state index in [9.17, 15) is 5.11 Å². The summed E-state index contributed by atoms with van der Waals surface area (Å²) in [6.45, 7) is 5.97. The predicted octanol–water partition coefficient (Wildman–Crippen LogP) is 2.93. The molecule has 2 aromatic rings. The largest absolute Gasteiger partial charge is 0.388 e. The molecule has 0 fully saturated rings. The summed E-state index contributed by atoms with van der Waals surface area (Å²) in [5, 5.41) is 14.5. The van der Waals surface area contributed by atoms with Crippen LogP contribution in [0.15, 0.2) is 30.3 Å². The number of aliphatic hydroxyl groups excluding tert-OH is 1. The summed E-state index contributed by atoms with van der Waals surface area (Å²) in [5.41, 5.74) is 3.97. The molecule has 90 valence electrons. The molecule has 0 radical (unpaired) electrons. The smallest absolute Gasteiger partial charge is 0.0808 e. The van der Waals surface area contributed by atoms with Crippen molar-refractivity contribution >= 4 is 0 Å². The Bertz CT molecular complexity index is 517. The highest BCUT2D eigenvalue weighted by Crippen LogP contribution is 2.24. The second-order valence-corrected chi connectivity index (χ2v) is 4.32. The van der Waals surface area contributed by atoms with Crippen LogP contribution in [-0.2, 0) is 0 Å². The molecule has 1 aromatic carbocycles. The first-order chi connectivity index (χ1) is 8.13. The van der Waals surface area contributed by atoms with Gasteiger partial charge in [0.25, 0.3) is 0 Å². The van der Waals surface area contributed by atoms with Gasteiger partial charge in [-0.05, 0) is 32.4 Å². The van der Waals surface area contributed by atoms with Crippen molar-refractivity contribution in [1.29, 1.82) is 0 Å². The first-order valence-electron chi connectivity index (χ1n) is 5.94. The monoisotopic (exact) mass is 230 g/mol. The van der Waals surface area contributed by atoms with E-state index in [1.54, 1.807) is 0 Å². The lowest BCUT2D eigenvalue weighted by molar-refractivity contribution is 0.173. The van der Waals surface area contributed by atoms with Crippen molar-refractivity contribution in [3.05, 3.63) is 47.3 Å². The van der Waals surface area contributed by atoms with E-state index >= 15 is 0 Å². The van der Waals surface area contributed by atoms with Gasteiger partial charge >= 0.3 is 0 Å². The summed E-state index contributed by atoms with van der Waals surface area (Å²) in [4.78, 5) is 0. The van der Waals surface area contributed by atoms with Gasteiger partial charge in [-0.1, -0.05) is 25.1 Å². The third-order valence-electron chi connectivity index (χ3n) is 2.92. The Morgan fingerprint density at radius 2 is 2.00 bits per heavy atom. The van der Waals surface area contributed by atoms with Crippen molar-refractivity contribution in [2.45, 2.75) is 33.3 Å². The molecule has 1 unspecified atom stereocenters. The minimum absolute atomic E-state index is 0.435. The fourth-order valence-electron chi connectivity index (χ4n) is 2.05. The Hall–Kier alpha value is -1.61. The summed E-state index contributed by atoms with van der Waals surface area (Å²) in [7, 11) is 0. The van der Waals surface area contributed by atoms with Crippen molar-refractivity contribution in [1.82, 2.24) is 9.78 Å². The van der Waals surface area contributed by atoms with Crippen LogP contribution in [0.1, 0.15) is 36.4 Å². The molecule has 0 aliphatic rings. The second-order valence-electron chi connectivity index (χ2n) is 4.32. The minimum atomic E-state index is -0.435. The second kappa shape index (κ2) is 4.72. The number of aromatic nitrogens is 2. The van der Waals surface area contributed by atoms with Crippen LogP contribution in [0, 0.1) is 13.8 Å². The number of aliphatic hydroxyl groups is 1. The summed E-state index contributed by atoms with van der Waals surface area (Å²) in [6, 6.07) is 9.91. The van der Waals surface area contributed by atoms with Crippen LogP contribution in [0.5, 0.6) is 0 Å². The molecule has 2 rings (SSSR count). The van der Waals surface area contributed by atoms with Crippen LogP contribution < -0.4 is 0 Å². The maximum absolute atomic E-state index is 10.0. The Morgan fingerprint density at radius 3 is 2.59 bits per heavy atom. The normalized spacial score (nSPS) is 12.7. The van der Waals surface area contributed by atoms with E-state index < -0.39 is 6.10 Å². The molecular weight excluding hydrogens is 212 g/mol. The Labute approximate surface area is 102 Å². The number of aryl methyl sites for hydroxylation is 2. The summed E-state index contributed by atoms with van der Waals surface area (Å²) in [6.07, 6.45) is 0.270. The Morgan fingerprint density at radius 1 is 1.29 bits per heavy atom. The van der Waals surface area contributed by atoms with E-state index in [1.165, 1.54) is 0 Å². The van der Waals surface area contributed by atoms with Crippen molar-refractivity contribution < 1.29 is 5.11 Å². The highest BCUT2D eigenvalue weighted by atomic mass is 16.3. The third kappa shape index (κ3) is 2.24. The molecule has 0 amide bonds. The van der Waals surface area contributed by atoms with E-state index in [1.807, 2.05) is 55.8 Å². The molecule has 17 heavy (non-hydrogen) atoms. The van der Waals surface area contributed by atoms with Gasteiger partial charge in [-0.25, -0.2) is 4.68 Å². The van der Waals surface area contributed by atoms with Gasteiger partial charge in [0, 0.05) is 11.3 Å². The number of hydrogen-bond acceptors (Lipinski definition) is 2. The van der Waals surface area contributed by atoms with Crippen LogP contribution in [0.2, 0.25) is 0 Å². The van der Waals surface area contributed by atoms with Crippen molar-refractivity contribution in [3.63, 3.8) is 0 Å². The molecule has 1 aromatic heterocycles. The first-order valence-corrected chi connectivity index (χ1v) is 5.94. The molecule has 0 aliphatic carbocycles. The standard InChI is InChI=1S/C14H18N2O/c1-4-14(17)12-7-5-6-8-13(12)16-11(3)9-10(2)15-16/h5-9,14,17H,4H2,1-3H3. The molecule has 1 heterocycles. The van der Waals surface area contributed by atoms with Gasteiger partial charge < -0.3 is 5.11 Å². The number of benzene rings is 1. The SMILES string of the molecule is CCC(O)c1ccccc1-n1nc(C)cc1C. The molecule has 3 nitrogen and oxygen atoms in total. The van der Waals surface area contributed by atoms with E-state index in [2.05, 4.69) is 5.10 Å². The van der Waals surface area contributed by atoms with E-state index in [4.69, 9.17) is 0 Å². The molecule has 0 spiro atoms. The van der Waals surface area contributed by atoms with Gasteiger partial charge in [0.05, 0.1) is 17.5 Å². The lowest BCUT2D eigenvalue weighted by Gasteiger charge is -2.14. The van der Waals surface area contributed by atoms with Gasteiger partial charge in [0.15, 0.2) is 0 Å². The maximum Gasteiger partial charge on any atom is 0.0808 e. The van der Waals surface area contributed by atoms with E-state index in [0.29, 0.717) is 6.42 Å². The number of rotatable bonds is 3. The average molecular weight is 230 g/mol. The zero-order chi connectivity index (χ0) is 12.4. The number of para-hydroxylation sites is 1. The summed E-state index contributed by atoms with van der Waals surface area (Å²) < 4.78 is 1.89. The maximum atomic E-state index is 10.0. The minimum Gasteiger partial charge on any atom is -0.388 e. The van der Waals surface area contributed by atoms with Crippen LogP contribution in [-0.4, -0.2) is 14.9 Å². The highest BCUT2D eigenvalue weighted by Gasteiger charge is 2.13. The van der Waals surface area contributed by atoms with Gasteiger partial charge in [-0.15, -0.1) is 0 Å². The van der Waals surface area contributed by atoms with Gasteiger partial charge in [0.2, 0.25) is 0 Å². The molecular formula is C14H18N2O. The Kier molecular flexibility index (Phi) is 3.29. The van der Waals surface area contributed by atoms with Crippen LogP contribution in [0.3, 0.4) is 0 Å². The lowest BCUT2D eigenvalue weighted by Crippen LogP contribution is -2.06. The first kappa shape index (κ1) is 11.9. The molecule has 1 atom stereocenters. The van der Waals surface area contributed by atoms with Gasteiger partial charge in [-0.2, -0.15) is 5.10 Å². The number of hydrogen-bond donors (Lipinski definition) is 1. The van der Waals surface area contributed by atoms with Crippen LogP contribution in [0.4, 0.5) is 0 Å². The van der Waals surface area contributed by atoms with Gasteiger partial charge in [0.1, 0.15) is 0 Å². The fraction of sp³-hybridized carbons (Fsp3) is 0.357. The van der Waals surface area contributed by atoms with Crippen LogP contribution in [0.25, 0.3) is 5.69 Å². The predicted molar refractivity (Wildman–Crippen MR) is 68.3 cm³/mol. The van der Waals surface area contributed by atoms with Gasteiger partial charge in [-0.3, -0.25) is 0 Å². The summed E-state index contributed by atoms with van der Waals surface area (Å²) >= 11 is 0. The van der Waals surface area contributed by atoms with Crippen molar-refractivity contribution in [3.8, 4) is 5.69 Å². The topological polar surface area (TPSA) is 38.0 Å². The lowest BCUT2D eigenvalue weighted by atomic mass is 10.1. The Balaban J connectivity index is 2.55. The molecule has 3 heteroatoms. The zero-order valence-corrected chi connectivity index (χ0v) is 10.5. The number of nitrogens with zero attached hydrogens (tertiary/aromatic N) is 2. The molecule has 1 N–H and O–H groups in total. The fourth-order valence-corrected chi connectivity index (χ4v) is 2.05. The van der Waals surface area contributed by atoms with Crippen LogP contribution >= 0.6 is 0 Å². The molecule has 0 saturated heterocycles.